The van der Waals surface area contributed by atoms with Gasteiger partial charge in [-0.2, -0.15) is 5.26 Å². The summed E-state index contributed by atoms with van der Waals surface area (Å²) in [5, 5.41) is 15.5. The fourth-order valence-corrected chi connectivity index (χ4v) is 2.37. The minimum absolute atomic E-state index is 0.0796. The van der Waals surface area contributed by atoms with E-state index in [1.54, 1.807) is 0 Å². The van der Waals surface area contributed by atoms with Gasteiger partial charge in [0, 0.05) is 17.1 Å². The second-order valence-electron chi connectivity index (χ2n) is 5.77. The van der Waals surface area contributed by atoms with Crippen molar-refractivity contribution in [1.82, 2.24) is 0 Å². The number of anilines is 2. The minimum Gasteiger partial charge on any atom is -0.378 e. The quantitative estimate of drug-likeness (QED) is 0.808. The summed E-state index contributed by atoms with van der Waals surface area (Å²) < 4.78 is 0. The Morgan fingerprint density at radius 2 is 1.71 bits per heavy atom. The average molecular weight is 319 g/mol. The van der Waals surface area contributed by atoms with Crippen LogP contribution >= 0.6 is 0 Å². The summed E-state index contributed by atoms with van der Waals surface area (Å²) in [7, 11) is 0. The van der Waals surface area contributed by atoms with Gasteiger partial charge in [0.05, 0.1) is 12.6 Å². The maximum atomic E-state index is 12.3. The lowest BCUT2D eigenvalue weighted by Gasteiger charge is -2.15. The van der Waals surface area contributed by atoms with Crippen molar-refractivity contribution >= 4 is 17.2 Å². The maximum Gasteiger partial charge on any atom is 0.174 e. The van der Waals surface area contributed by atoms with Gasteiger partial charge >= 0.3 is 0 Å². The third-order valence-electron chi connectivity index (χ3n) is 3.61. The summed E-state index contributed by atoms with van der Waals surface area (Å²) in [6.07, 6.45) is 0. The zero-order chi connectivity index (χ0) is 17.5. The van der Waals surface area contributed by atoms with Crippen LogP contribution in [0.5, 0.6) is 0 Å². The second kappa shape index (κ2) is 7.98. The van der Waals surface area contributed by atoms with Gasteiger partial charge in [-0.15, -0.1) is 0 Å². The first kappa shape index (κ1) is 17.3. The number of carbonyl (C=O) groups excluding carboxylic acids is 1. The topological polar surface area (TPSA) is 64.9 Å². The molecule has 0 radical (unpaired) electrons. The highest BCUT2D eigenvalue weighted by atomic mass is 16.1. The molecule has 0 saturated carbocycles. The number of benzene rings is 2. The van der Waals surface area contributed by atoms with Crippen LogP contribution in [0, 0.1) is 31.1 Å². The van der Waals surface area contributed by atoms with E-state index in [1.807, 2.05) is 68.4 Å². The van der Waals surface area contributed by atoms with Crippen LogP contribution in [0.4, 0.5) is 11.4 Å². The fourth-order valence-electron chi connectivity index (χ4n) is 2.37. The Morgan fingerprint density at radius 1 is 1.12 bits per heavy atom. The Balaban J connectivity index is 1.98. The molecule has 0 heterocycles. The van der Waals surface area contributed by atoms with Crippen LogP contribution in [0.3, 0.4) is 0 Å². The highest BCUT2D eigenvalue weighted by Crippen LogP contribution is 2.17. The summed E-state index contributed by atoms with van der Waals surface area (Å²) in [5.74, 6) is -1.12. The third kappa shape index (κ3) is 4.72. The number of carbonyl (C=O) groups is 1. The molecule has 2 N–H and O–H groups in total. The first-order valence-electron chi connectivity index (χ1n) is 7.75. The molecular formula is C20H21N3O. The second-order valence-corrected chi connectivity index (χ2v) is 5.77. The summed E-state index contributed by atoms with van der Waals surface area (Å²) in [4.78, 5) is 12.3. The van der Waals surface area contributed by atoms with Crippen molar-refractivity contribution in [1.29, 1.82) is 5.26 Å². The summed E-state index contributed by atoms with van der Waals surface area (Å²) in [6, 6.07) is 17.5. The van der Waals surface area contributed by atoms with Gasteiger partial charge in [0.1, 0.15) is 5.92 Å². The van der Waals surface area contributed by atoms with E-state index in [1.165, 1.54) is 0 Å². The lowest BCUT2D eigenvalue weighted by atomic mass is 10.0. The molecule has 4 nitrogen and oxygen atoms in total. The Labute approximate surface area is 142 Å². The monoisotopic (exact) mass is 319 g/mol. The van der Waals surface area contributed by atoms with Crippen molar-refractivity contribution in [3.05, 3.63) is 71.9 Å². The van der Waals surface area contributed by atoms with E-state index in [0.29, 0.717) is 5.70 Å². The van der Waals surface area contributed by atoms with Crippen LogP contribution in [0.2, 0.25) is 0 Å². The summed E-state index contributed by atoms with van der Waals surface area (Å²) >= 11 is 0. The Bertz CT molecular complexity index is 789. The minimum atomic E-state index is -0.900. The van der Waals surface area contributed by atoms with Crippen molar-refractivity contribution < 1.29 is 4.79 Å². The van der Waals surface area contributed by atoms with Gasteiger partial charge in [-0.25, -0.2) is 0 Å². The molecule has 0 aliphatic rings. The molecule has 0 fully saturated rings. The van der Waals surface area contributed by atoms with Gasteiger partial charge in [-0.3, -0.25) is 4.79 Å². The molecule has 0 unspecified atom stereocenters. The molecule has 0 amide bonds. The van der Waals surface area contributed by atoms with E-state index < -0.39 is 5.92 Å². The molecule has 2 rings (SSSR count). The number of ketones is 1. The van der Waals surface area contributed by atoms with Crippen molar-refractivity contribution in [3.8, 4) is 6.07 Å². The first-order chi connectivity index (χ1) is 11.5. The molecule has 2 aromatic carbocycles. The number of hydrogen-bond donors (Lipinski definition) is 2. The molecule has 0 aliphatic heterocycles. The lowest BCUT2D eigenvalue weighted by molar-refractivity contribution is -0.118. The summed E-state index contributed by atoms with van der Waals surface area (Å²) in [6.45, 7) is 7.90. The summed E-state index contributed by atoms with van der Waals surface area (Å²) in [5.41, 5.74) is 4.26. The zero-order valence-electron chi connectivity index (χ0n) is 14.0. The normalized spacial score (nSPS) is 11.2. The average Bonchev–Trinajstić information content (AvgIpc) is 2.53. The molecule has 122 valence electrons. The van der Waals surface area contributed by atoms with E-state index in [9.17, 15) is 10.1 Å². The van der Waals surface area contributed by atoms with E-state index in [2.05, 4.69) is 17.2 Å². The Hall–Kier alpha value is -3.06. The Kier molecular flexibility index (Phi) is 5.75. The van der Waals surface area contributed by atoms with Crippen LogP contribution in [0.25, 0.3) is 0 Å². The van der Waals surface area contributed by atoms with Gasteiger partial charge < -0.3 is 10.6 Å². The smallest absolute Gasteiger partial charge is 0.174 e. The highest BCUT2D eigenvalue weighted by molar-refractivity contribution is 5.90. The lowest BCUT2D eigenvalue weighted by Crippen LogP contribution is -2.25. The predicted molar refractivity (Wildman–Crippen MR) is 97.7 cm³/mol. The first-order valence-corrected chi connectivity index (χ1v) is 7.75. The Morgan fingerprint density at radius 3 is 2.29 bits per heavy atom. The maximum absolute atomic E-state index is 12.3. The predicted octanol–water partition coefficient (Wildman–Crippen LogP) is 4.05. The molecule has 0 bridgehead atoms. The fraction of sp³-hybridized carbons (Fsp3) is 0.200. The van der Waals surface area contributed by atoms with Gasteiger partial charge in [-0.1, -0.05) is 30.8 Å². The SMILES string of the molecule is C=C(Nc1cccc(C)c1)[C@H](C#N)C(=O)CNc1cccc(C)c1. The number of nitriles is 1. The van der Waals surface area contributed by atoms with Gasteiger partial charge in [-0.05, 0) is 49.2 Å². The number of hydrogen-bond acceptors (Lipinski definition) is 4. The molecular weight excluding hydrogens is 298 g/mol. The van der Waals surface area contributed by atoms with Crippen molar-refractivity contribution in [2.45, 2.75) is 13.8 Å². The van der Waals surface area contributed by atoms with Crippen LogP contribution < -0.4 is 10.6 Å². The number of allylic oxidation sites excluding steroid dienone is 1. The van der Waals surface area contributed by atoms with E-state index in [-0.39, 0.29) is 12.3 Å². The van der Waals surface area contributed by atoms with E-state index >= 15 is 0 Å². The molecule has 24 heavy (non-hydrogen) atoms. The molecule has 1 atom stereocenters. The van der Waals surface area contributed by atoms with Crippen LogP contribution in [-0.2, 0) is 4.79 Å². The standard InChI is InChI=1S/C20H21N3O/c1-14-6-4-8-17(10-14)22-13-20(24)19(12-21)16(3)23-18-9-5-7-15(2)11-18/h4-11,19,22-23H,3,13H2,1-2H3/t19-/m0/s1. The molecule has 4 heteroatoms. The van der Waals surface area contributed by atoms with Crippen molar-refractivity contribution in [2.24, 2.45) is 5.92 Å². The third-order valence-corrected chi connectivity index (χ3v) is 3.61. The van der Waals surface area contributed by atoms with E-state index in [0.717, 1.165) is 22.5 Å². The van der Waals surface area contributed by atoms with Crippen molar-refractivity contribution in [3.63, 3.8) is 0 Å². The number of rotatable bonds is 7. The van der Waals surface area contributed by atoms with Gasteiger partial charge in [0.2, 0.25) is 0 Å². The van der Waals surface area contributed by atoms with Crippen LogP contribution in [-0.4, -0.2) is 12.3 Å². The molecule has 2 aromatic rings. The number of nitrogens with zero attached hydrogens (tertiary/aromatic N) is 1. The van der Waals surface area contributed by atoms with Crippen molar-refractivity contribution in [2.75, 3.05) is 17.2 Å². The van der Waals surface area contributed by atoms with Crippen LogP contribution in [0.15, 0.2) is 60.8 Å². The molecule has 0 saturated heterocycles. The highest BCUT2D eigenvalue weighted by Gasteiger charge is 2.21. The van der Waals surface area contributed by atoms with Crippen LogP contribution in [0.1, 0.15) is 11.1 Å². The zero-order valence-corrected chi connectivity index (χ0v) is 14.0. The van der Waals surface area contributed by atoms with Gasteiger partial charge in [0.25, 0.3) is 0 Å². The molecule has 0 aromatic heterocycles. The van der Waals surface area contributed by atoms with E-state index in [4.69, 9.17) is 0 Å². The number of aryl methyl sites for hydroxylation is 2. The van der Waals surface area contributed by atoms with Gasteiger partial charge in [0.15, 0.2) is 5.78 Å². The largest absolute Gasteiger partial charge is 0.378 e. The molecule has 0 aliphatic carbocycles. The number of nitrogens with one attached hydrogen (secondary N) is 2. The molecule has 0 spiro atoms. The number of Topliss-reactive ketones (excluding diaryl/α,β-unsaturated/α-hetero) is 1.